The Morgan fingerprint density at radius 2 is 1.96 bits per heavy atom. The van der Waals surface area contributed by atoms with Crippen LogP contribution in [0, 0.1) is 0 Å². The maximum Gasteiger partial charge on any atom is 0.255 e. The van der Waals surface area contributed by atoms with Gasteiger partial charge >= 0.3 is 0 Å². The number of pyridine rings is 1. The Hall–Kier alpha value is -1.62. The Kier molecular flexibility index (Phi) is 4.67. The van der Waals surface area contributed by atoms with Crippen molar-refractivity contribution in [3.8, 4) is 5.88 Å². The van der Waals surface area contributed by atoms with E-state index in [9.17, 15) is 4.79 Å². The molecule has 5 heteroatoms. The molecule has 1 saturated carbocycles. The quantitative estimate of drug-likeness (QED) is 0.843. The second-order valence-electron chi connectivity index (χ2n) is 7.77. The van der Waals surface area contributed by atoms with Gasteiger partial charge in [0, 0.05) is 44.2 Å². The van der Waals surface area contributed by atoms with E-state index >= 15 is 0 Å². The van der Waals surface area contributed by atoms with Crippen molar-refractivity contribution < 1.29 is 9.53 Å². The van der Waals surface area contributed by atoms with Gasteiger partial charge in [-0.3, -0.25) is 4.79 Å². The van der Waals surface area contributed by atoms with Gasteiger partial charge in [-0.25, -0.2) is 4.98 Å². The first-order valence-electron chi connectivity index (χ1n) is 9.86. The normalized spacial score (nSPS) is 25.6. The van der Waals surface area contributed by atoms with E-state index in [4.69, 9.17) is 9.72 Å². The van der Waals surface area contributed by atoms with E-state index in [1.165, 1.54) is 19.3 Å². The van der Waals surface area contributed by atoms with Crippen molar-refractivity contribution in [1.82, 2.24) is 14.8 Å². The minimum atomic E-state index is 0.100. The Labute approximate surface area is 150 Å². The fourth-order valence-electron chi connectivity index (χ4n) is 4.30. The van der Waals surface area contributed by atoms with Crippen LogP contribution in [0.3, 0.4) is 0 Å². The lowest BCUT2D eigenvalue weighted by Gasteiger charge is -2.41. The third kappa shape index (κ3) is 3.26. The molecule has 2 fully saturated rings. The van der Waals surface area contributed by atoms with Gasteiger partial charge in [0.25, 0.3) is 5.91 Å². The van der Waals surface area contributed by atoms with Crippen LogP contribution in [-0.2, 0) is 0 Å². The Morgan fingerprint density at radius 1 is 1.20 bits per heavy atom. The highest BCUT2D eigenvalue weighted by atomic mass is 16.5. The summed E-state index contributed by atoms with van der Waals surface area (Å²) in [7, 11) is 0. The molecule has 1 aromatic heterocycles. The summed E-state index contributed by atoms with van der Waals surface area (Å²) in [6.45, 7) is 7.94. The van der Waals surface area contributed by atoms with Crippen LogP contribution in [0.25, 0.3) is 0 Å². The number of aromatic nitrogens is 1. The molecule has 1 aromatic rings. The van der Waals surface area contributed by atoms with Crippen molar-refractivity contribution in [1.29, 1.82) is 0 Å². The standard InChI is InChI=1S/C20H29N3O2/c1-3-22-13-14(2)19-17(20(22)24)7-8-18(21-19)25-16-9-11-23(12-10-16)15-5-4-6-15/h7-8,14-16H,3-6,9-13H2,1-2H3. The zero-order valence-corrected chi connectivity index (χ0v) is 15.4. The van der Waals surface area contributed by atoms with Gasteiger partial charge in [0.15, 0.2) is 0 Å². The van der Waals surface area contributed by atoms with Crippen LogP contribution < -0.4 is 4.74 Å². The van der Waals surface area contributed by atoms with Crippen molar-refractivity contribution in [3.05, 3.63) is 23.4 Å². The van der Waals surface area contributed by atoms with Crippen molar-refractivity contribution in [2.75, 3.05) is 26.2 Å². The van der Waals surface area contributed by atoms with Crippen LogP contribution >= 0.6 is 0 Å². The maximum absolute atomic E-state index is 12.5. The van der Waals surface area contributed by atoms with Gasteiger partial charge in [-0.05, 0) is 38.7 Å². The van der Waals surface area contributed by atoms with E-state index in [1.807, 2.05) is 24.0 Å². The minimum absolute atomic E-state index is 0.100. The summed E-state index contributed by atoms with van der Waals surface area (Å²) in [5, 5.41) is 0. The number of fused-ring (bicyclic) bond motifs is 1. The summed E-state index contributed by atoms with van der Waals surface area (Å²) < 4.78 is 6.18. The predicted molar refractivity (Wildman–Crippen MR) is 97.1 cm³/mol. The van der Waals surface area contributed by atoms with Gasteiger partial charge in [0.1, 0.15) is 6.10 Å². The zero-order chi connectivity index (χ0) is 17.4. The van der Waals surface area contributed by atoms with Crippen LogP contribution in [0.1, 0.15) is 67.9 Å². The Morgan fingerprint density at radius 3 is 2.60 bits per heavy atom. The highest BCUT2D eigenvalue weighted by Crippen LogP contribution is 2.30. The van der Waals surface area contributed by atoms with Gasteiger partial charge in [-0.2, -0.15) is 0 Å². The van der Waals surface area contributed by atoms with E-state index in [-0.39, 0.29) is 17.9 Å². The highest BCUT2D eigenvalue weighted by molar-refractivity contribution is 5.96. The summed E-state index contributed by atoms with van der Waals surface area (Å²) >= 11 is 0. The molecule has 0 aromatic carbocycles. The molecular weight excluding hydrogens is 314 g/mol. The molecule has 3 heterocycles. The molecule has 1 saturated heterocycles. The number of carbonyl (C=O) groups excluding carboxylic acids is 1. The fraction of sp³-hybridized carbons (Fsp3) is 0.700. The Balaban J connectivity index is 1.41. The zero-order valence-electron chi connectivity index (χ0n) is 15.4. The van der Waals surface area contributed by atoms with Crippen molar-refractivity contribution in [3.63, 3.8) is 0 Å². The lowest BCUT2D eigenvalue weighted by atomic mass is 9.90. The summed E-state index contributed by atoms with van der Waals surface area (Å²) in [6.07, 6.45) is 6.55. The average Bonchev–Trinajstić information content (AvgIpc) is 2.58. The van der Waals surface area contributed by atoms with E-state index in [2.05, 4.69) is 11.8 Å². The van der Waals surface area contributed by atoms with Crippen LogP contribution in [0.5, 0.6) is 5.88 Å². The monoisotopic (exact) mass is 343 g/mol. The van der Waals surface area contributed by atoms with Crippen LogP contribution in [0.15, 0.2) is 12.1 Å². The molecule has 1 unspecified atom stereocenters. The number of hydrogen-bond acceptors (Lipinski definition) is 4. The summed E-state index contributed by atoms with van der Waals surface area (Å²) in [4.78, 5) is 21.7. The number of ether oxygens (including phenoxy) is 1. The second-order valence-corrected chi connectivity index (χ2v) is 7.77. The van der Waals surface area contributed by atoms with Crippen LogP contribution in [0.4, 0.5) is 0 Å². The minimum Gasteiger partial charge on any atom is -0.474 e. The average molecular weight is 343 g/mol. The first-order valence-corrected chi connectivity index (χ1v) is 9.86. The predicted octanol–water partition coefficient (Wildman–Crippen LogP) is 3.06. The highest BCUT2D eigenvalue weighted by Gasteiger charge is 2.31. The summed E-state index contributed by atoms with van der Waals surface area (Å²) in [6, 6.07) is 4.61. The molecule has 25 heavy (non-hydrogen) atoms. The van der Waals surface area contributed by atoms with Crippen molar-refractivity contribution >= 4 is 5.91 Å². The van der Waals surface area contributed by atoms with Gasteiger partial charge in [0.2, 0.25) is 5.88 Å². The molecule has 0 radical (unpaired) electrons. The molecule has 1 aliphatic carbocycles. The molecule has 0 N–H and O–H groups in total. The number of piperidine rings is 1. The SMILES string of the molecule is CCN1CC(C)c2nc(OC3CCN(C4CCC4)CC3)ccc2C1=O. The summed E-state index contributed by atoms with van der Waals surface area (Å²) in [5.41, 5.74) is 1.65. The van der Waals surface area contributed by atoms with E-state index < -0.39 is 0 Å². The number of nitrogens with zero attached hydrogens (tertiary/aromatic N) is 3. The lowest BCUT2D eigenvalue weighted by Crippen LogP contribution is -2.46. The Bertz CT molecular complexity index is 636. The topological polar surface area (TPSA) is 45.7 Å². The number of amides is 1. The van der Waals surface area contributed by atoms with Crippen LogP contribution in [-0.4, -0.2) is 59.0 Å². The first kappa shape index (κ1) is 16.8. The number of carbonyl (C=O) groups is 1. The molecule has 1 amide bonds. The first-order chi connectivity index (χ1) is 12.2. The van der Waals surface area contributed by atoms with Gasteiger partial charge in [-0.15, -0.1) is 0 Å². The van der Waals surface area contributed by atoms with Crippen molar-refractivity contribution in [2.45, 2.75) is 64.0 Å². The third-order valence-corrected chi connectivity index (χ3v) is 6.11. The molecule has 3 aliphatic rings. The molecule has 5 nitrogen and oxygen atoms in total. The maximum atomic E-state index is 12.5. The molecule has 136 valence electrons. The molecule has 0 spiro atoms. The van der Waals surface area contributed by atoms with E-state index in [1.54, 1.807) is 0 Å². The van der Waals surface area contributed by atoms with Crippen LogP contribution in [0.2, 0.25) is 0 Å². The fourth-order valence-corrected chi connectivity index (χ4v) is 4.30. The number of rotatable bonds is 4. The third-order valence-electron chi connectivity index (χ3n) is 6.11. The van der Waals surface area contributed by atoms with E-state index in [0.29, 0.717) is 5.88 Å². The molecule has 2 aliphatic heterocycles. The van der Waals surface area contributed by atoms with Crippen molar-refractivity contribution in [2.24, 2.45) is 0 Å². The number of likely N-dealkylation sites (tertiary alicyclic amines) is 1. The lowest BCUT2D eigenvalue weighted by molar-refractivity contribution is 0.0473. The molecule has 4 rings (SSSR count). The largest absolute Gasteiger partial charge is 0.474 e. The smallest absolute Gasteiger partial charge is 0.255 e. The number of likely N-dealkylation sites (N-methyl/N-ethyl adjacent to an activating group) is 1. The number of hydrogen-bond donors (Lipinski definition) is 0. The van der Waals surface area contributed by atoms with E-state index in [0.717, 1.165) is 56.3 Å². The van der Waals surface area contributed by atoms with Gasteiger partial charge < -0.3 is 14.5 Å². The van der Waals surface area contributed by atoms with Gasteiger partial charge in [0.05, 0.1) is 11.3 Å². The molecule has 1 atom stereocenters. The van der Waals surface area contributed by atoms with Gasteiger partial charge in [-0.1, -0.05) is 13.3 Å². The summed E-state index contributed by atoms with van der Waals surface area (Å²) in [5.74, 6) is 1.05. The molecular formula is C20H29N3O2. The molecule has 0 bridgehead atoms. The second kappa shape index (κ2) is 6.94.